The number of aromatic amines is 2. The van der Waals surface area contributed by atoms with Gasteiger partial charge < -0.3 is 15.1 Å². The van der Waals surface area contributed by atoms with Crippen LogP contribution in [0.25, 0.3) is 33.0 Å². The van der Waals surface area contributed by atoms with Gasteiger partial charge in [-0.1, -0.05) is 29.8 Å². The Kier molecular flexibility index (Phi) is 3.20. The zero-order chi connectivity index (χ0) is 18.5. The van der Waals surface area contributed by atoms with Gasteiger partial charge in [-0.15, -0.1) is 20.4 Å². The minimum Gasteiger partial charge on any atom is -0.493 e. The average molecular weight is 357 g/mol. The van der Waals surface area contributed by atoms with Crippen LogP contribution in [-0.2, 0) is 0 Å². The van der Waals surface area contributed by atoms with E-state index >= 15 is 0 Å². The summed E-state index contributed by atoms with van der Waals surface area (Å²) in [5.74, 6) is 0.0720. The smallest absolute Gasteiger partial charge is 0.289 e. The van der Waals surface area contributed by atoms with Crippen LogP contribution in [-0.4, -0.2) is 30.3 Å². The summed E-state index contributed by atoms with van der Waals surface area (Å²) in [6.07, 6.45) is 0. The first kappa shape index (κ1) is 15.4. The second kappa shape index (κ2) is 5.60. The lowest BCUT2D eigenvalue weighted by atomic mass is 10.1. The molecule has 0 fully saturated rings. The lowest BCUT2D eigenvalue weighted by molar-refractivity contribution is 0.459. The number of H-pyrrole nitrogens is 2. The van der Waals surface area contributed by atoms with Crippen LogP contribution in [0.2, 0.25) is 0 Å². The summed E-state index contributed by atoms with van der Waals surface area (Å²) in [5.41, 5.74) is 5.58. The number of nitrogens with zero attached hydrogens (tertiary/aromatic N) is 5. The van der Waals surface area contributed by atoms with Gasteiger partial charge in [-0.2, -0.15) is 4.98 Å². The molecule has 8 nitrogen and oxygen atoms in total. The molecule has 0 saturated heterocycles. The number of para-hydroxylation sites is 1. The van der Waals surface area contributed by atoms with Crippen LogP contribution in [0.4, 0.5) is 11.6 Å². The molecule has 0 aliphatic rings. The highest BCUT2D eigenvalue weighted by Gasteiger charge is 2.12. The Morgan fingerprint density at radius 1 is 0.963 bits per heavy atom. The predicted molar refractivity (Wildman–Crippen MR) is 103 cm³/mol. The number of rotatable bonds is 2. The summed E-state index contributed by atoms with van der Waals surface area (Å²) < 4.78 is 0. The monoisotopic (exact) mass is 357 g/mol. The fourth-order valence-corrected chi connectivity index (χ4v) is 3.25. The van der Waals surface area contributed by atoms with Crippen LogP contribution in [0, 0.1) is 13.8 Å². The maximum Gasteiger partial charge on any atom is 0.289 e. The SMILES string of the molecule is Cc1ccc2[nH]c(O)c(N=Nc3nnc4c(n3)[nH]c3c(C)cccc34)c2c1. The van der Waals surface area contributed by atoms with E-state index in [-0.39, 0.29) is 11.8 Å². The molecule has 132 valence electrons. The zero-order valence-corrected chi connectivity index (χ0v) is 14.6. The van der Waals surface area contributed by atoms with Gasteiger partial charge in [0.2, 0.25) is 5.88 Å². The third-order valence-electron chi connectivity index (χ3n) is 4.59. The average Bonchev–Trinajstić information content (AvgIpc) is 3.17. The van der Waals surface area contributed by atoms with E-state index in [1.165, 1.54) is 0 Å². The Balaban J connectivity index is 1.60. The van der Waals surface area contributed by atoms with Crippen molar-refractivity contribution in [1.82, 2.24) is 25.1 Å². The third kappa shape index (κ3) is 2.42. The number of hydrogen-bond donors (Lipinski definition) is 3. The Morgan fingerprint density at radius 2 is 1.85 bits per heavy atom. The van der Waals surface area contributed by atoms with Crippen LogP contribution < -0.4 is 0 Å². The molecular weight excluding hydrogens is 342 g/mol. The van der Waals surface area contributed by atoms with Crippen molar-refractivity contribution in [3.63, 3.8) is 0 Å². The zero-order valence-electron chi connectivity index (χ0n) is 14.6. The van der Waals surface area contributed by atoms with Gasteiger partial charge >= 0.3 is 0 Å². The number of aromatic hydroxyl groups is 1. The second-order valence-corrected chi connectivity index (χ2v) is 6.50. The van der Waals surface area contributed by atoms with Crippen molar-refractivity contribution >= 4 is 44.6 Å². The van der Waals surface area contributed by atoms with Crippen LogP contribution in [0.5, 0.6) is 5.88 Å². The van der Waals surface area contributed by atoms with E-state index in [0.717, 1.165) is 32.9 Å². The molecule has 3 aromatic heterocycles. The van der Waals surface area contributed by atoms with Crippen LogP contribution in [0.3, 0.4) is 0 Å². The van der Waals surface area contributed by atoms with Gasteiger partial charge in [-0.05, 0) is 31.5 Å². The van der Waals surface area contributed by atoms with E-state index in [4.69, 9.17) is 0 Å². The maximum absolute atomic E-state index is 10.1. The van der Waals surface area contributed by atoms with Crippen molar-refractivity contribution < 1.29 is 5.11 Å². The largest absolute Gasteiger partial charge is 0.493 e. The van der Waals surface area contributed by atoms with Crippen LogP contribution >= 0.6 is 0 Å². The summed E-state index contributed by atoms with van der Waals surface area (Å²) in [6.45, 7) is 4.00. The number of fused-ring (bicyclic) bond motifs is 4. The molecule has 0 saturated carbocycles. The normalized spacial score (nSPS) is 12.1. The summed E-state index contributed by atoms with van der Waals surface area (Å²) in [7, 11) is 0. The van der Waals surface area contributed by atoms with Crippen molar-refractivity contribution in [2.24, 2.45) is 10.2 Å². The number of benzene rings is 2. The van der Waals surface area contributed by atoms with Gasteiger partial charge in [0.15, 0.2) is 11.3 Å². The van der Waals surface area contributed by atoms with Crippen molar-refractivity contribution in [3.05, 3.63) is 47.5 Å². The summed E-state index contributed by atoms with van der Waals surface area (Å²) >= 11 is 0. The molecule has 0 amide bonds. The third-order valence-corrected chi connectivity index (χ3v) is 4.59. The Bertz CT molecular complexity index is 1360. The molecule has 27 heavy (non-hydrogen) atoms. The fourth-order valence-electron chi connectivity index (χ4n) is 3.25. The first-order valence-corrected chi connectivity index (χ1v) is 8.45. The maximum atomic E-state index is 10.1. The fraction of sp³-hybridized carbons (Fsp3) is 0.105. The molecule has 5 aromatic rings. The van der Waals surface area contributed by atoms with E-state index in [1.54, 1.807) is 0 Å². The van der Waals surface area contributed by atoms with E-state index in [0.29, 0.717) is 16.9 Å². The van der Waals surface area contributed by atoms with Crippen molar-refractivity contribution in [3.8, 4) is 5.88 Å². The topological polar surface area (TPSA) is 115 Å². The molecule has 5 rings (SSSR count). The van der Waals surface area contributed by atoms with Crippen molar-refractivity contribution in [2.45, 2.75) is 13.8 Å². The molecule has 0 bridgehead atoms. The Morgan fingerprint density at radius 3 is 2.74 bits per heavy atom. The summed E-state index contributed by atoms with van der Waals surface area (Å²) in [4.78, 5) is 10.5. The Hall–Kier alpha value is -3.81. The summed E-state index contributed by atoms with van der Waals surface area (Å²) in [6, 6.07) is 11.8. The molecule has 0 aliphatic heterocycles. The standard InChI is InChI=1S/C19H15N7O/c1-9-6-7-13-12(8-9)16(18(27)20-13)24-26-19-22-17-15(23-25-19)11-5-3-4-10(2)14(11)21-17/h3-8,20,27H,1-2H3,(H,21,22,25). The number of hydrogen-bond acceptors (Lipinski definition) is 6. The quantitative estimate of drug-likeness (QED) is 0.396. The minimum absolute atomic E-state index is 0.0466. The lowest BCUT2D eigenvalue weighted by Gasteiger charge is -1.94. The predicted octanol–water partition coefficient (Wildman–Crippen LogP) is 4.73. The highest BCUT2D eigenvalue weighted by atomic mass is 16.3. The molecule has 0 radical (unpaired) electrons. The van der Waals surface area contributed by atoms with Crippen LogP contribution in [0.1, 0.15) is 11.1 Å². The first-order chi connectivity index (χ1) is 13.1. The highest BCUT2D eigenvalue weighted by Crippen LogP contribution is 2.36. The van der Waals surface area contributed by atoms with Crippen molar-refractivity contribution in [2.75, 3.05) is 0 Å². The number of azo groups is 1. The van der Waals surface area contributed by atoms with Gasteiger partial charge in [-0.25, -0.2) is 0 Å². The molecule has 3 N–H and O–H groups in total. The van der Waals surface area contributed by atoms with E-state index in [9.17, 15) is 5.11 Å². The van der Waals surface area contributed by atoms with E-state index in [1.807, 2.05) is 50.2 Å². The van der Waals surface area contributed by atoms with Gasteiger partial charge in [-0.3, -0.25) is 0 Å². The van der Waals surface area contributed by atoms with Crippen LogP contribution in [0.15, 0.2) is 46.6 Å². The number of nitrogens with one attached hydrogen (secondary N) is 2. The molecule has 2 aromatic carbocycles. The van der Waals surface area contributed by atoms with Gasteiger partial charge in [0.05, 0.1) is 11.0 Å². The van der Waals surface area contributed by atoms with Gasteiger partial charge in [0.25, 0.3) is 5.95 Å². The van der Waals surface area contributed by atoms with E-state index in [2.05, 4.69) is 35.4 Å². The first-order valence-electron chi connectivity index (χ1n) is 8.45. The molecule has 0 aliphatic carbocycles. The number of aryl methyl sites for hydroxylation is 2. The molecule has 0 unspecified atom stereocenters. The summed E-state index contributed by atoms with van der Waals surface area (Å²) in [5, 5.41) is 28.4. The van der Waals surface area contributed by atoms with Gasteiger partial charge in [0.1, 0.15) is 5.52 Å². The molecular formula is C19H15N7O. The number of aromatic nitrogens is 5. The van der Waals surface area contributed by atoms with E-state index < -0.39 is 0 Å². The minimum atomic E-state index is -0.0466. The molecule has 0 atom stereocenters. The van der Waals surface area contributed by atoms with Gasteiger partial charge in [0, 0.05) is 10.8 Å². The highest BCUT2D eigenvalue weighted by molar-refractivity contribution is 6.04. The molecule has 0 spiro atoms. The lowest BCUT2D eigenvalue weighted by Crippen LogP contribution is -1.86. The molecule has 3 heterocycles. The molecule has 8 heteroatoms. The van der Waals surface area contributed by atoms with Crippen molar-refractivity contribution in [1.29, 1.82) is 0 Å². The second-order valence-electron chi connectivity index (χ2n) is 6.50. The Labute approximate surface area is 153 Å².